The molecule has 2 aromatic heterocycles. The Kier molecular flexibility index (Phi) is 4.62. The summed E-state index contributed by atoms with van der Waals surface area (Å²) >= 11 is 0. The Morgan fingerprint density at radius 3 is 2.59 bits per heavy atom. The first-order valence-electron chi connectivity index (χ1n) is 8.95. The van der Waals surface area contributed by atoms with Crippen LogP contribution in [-0.2, 0) is 12.1 Å². The van der Waals surface area contributed by atoms with Crippen molar-refractivity contribution in [2.24, 2.45) is 0 Å². The smallest absolute Gasteiger partial charge is 0.151 e. The standard InChI is InChI=1S/C20H18F3N5O/c1-12-15-4-3-5-17(22)19(15)26-28(12)13(2)20(29,9-27-11-24-10-25-27)16-7-6-14(21)8-18(16)23/h3-8,10-11,13,29H,9H2,1-2H3/t13-,20-/m1/s1. The Hall–Kier alpha value is -3.20. The van der Waals surface area contributed by atoms with Crippen LogP contribution in [0.1, 0.15) is 24.2 Å². The van der Waals surface area contributed by atoms with Crippen molar-refractivity contribution in [2.75, 3.05) is 0 Å². The minimum absolute atomic E-state index is 0.124. The van der Waals surface area contributed by atoms with Gasteiger partial charge >= 0.3 is 0 Å². The van der Waals surface area contributed by atoms with Crippen molar-refractivity contribution in [3.63, 3.8) is 0 Å². The summed E-state index contributed by atoms with van der Waals surface area (Å²) in [4.78, 5) is 3.85. The van der Waals surface area contributed by atoms with Crippen molar-refractivity contribution in [2.45, 2.75) is 32.0 Å². The molecule has 150 valence electrons. The Bertz CT molecular complexity index is 1170. The number of halogens is 3. The van der Waals surface area contributed by atoms with Gasteiger partial charge in [0.1, 0.15) is 35.4 Å². The molecule has 0 aliphatic heterocycles. The molecule has 0 fully saturated rings. The highest BCUT2D eigenvalue weighted by atomic mass is 19.1. The van der Waals surface area contributed by atoms with E-state index >= 15 is 0 Å². The summed E-state index contributed by atoms with van der Waals surface area (Å²) in [5.74, 6) is -2.16. The van der Waals surface area contributed by atoms with Gasteiger partial charge in [-0.2, -0.15) is 10.2 Å². The van der Waals surface area contributed by atoms with Crippen LogP contribution in [0.15, 0.2) is 49.1 Å². The van der Waals surface area contributed by atoms with E-state index in [1.54, 1.807) is 26.0 Å². The van der Waals surface area contributed by atoms with Crippen molar-refractivity contribution in [3.05, 3.63) is 77.8 Å². The van der Waals surface area contributed by atoms with Crippen LogP contribution in [0.4, 0.5) is 13.2 Å². The molecule has 9 heteroatoms. The molecule has 0 aliphatic carbocycles. The summed E-state index contributed by atoms with van der Waals surface area (Å²) in [6.45, 7) is 3.20. The van der Waals surface area contributed by atoms with E-state index in [-0.39, 0.29) is 17.6 Å². The number of nitrogens with zero attached hydrogens (tertiary/aromatic N) is 5. The zero-order valence-electron chi connectivity index (χ0n) is 15.7. The molecule has 1 N–H and O–H groups in total. The van der Waals surface area contributed by atoms with Crippen LogP contribution in [0.2, 0.25) is 0 Å². The highest BCUT2D eigenvalue weighted by molar-refractivity contribution is 5.81. The third kappa shape index (κ3) is 3.17. The Morgan fingerprint density at radius 1 is 1.14 bits per heavy atom. The van der Waals surface area contributed by atoms with E-state index in [1.165, 1.54) is 34.2 Å². The number of aliphatic hydroxyl groups is 1. The van der Waals surface area contributed by atoms with Gasteiger partial charge < -0.3 is 5.11 Å². The lowest BCUT2D eigenvalue weighted by molar-refractivity contribution is -0.0373. The lowest BCUT2D eigenvalue weighted by atomic mass is 9.86. The van der Waals surface area contributed by atoms with Gasteiger partial charge in [-0.05, 0) is 26.0 Å². The molecule has 2 aromatic carbocycles. The fourth-order valence-electron chi connectivity index (χ4n) is 3.64. The zero-order valence-corrected chi connectivity index (χ0v) is 15.7. The number of rotatable bonds is 5. The van der Waals surface area contributed by atoms with Crippen LogP contribution < -0.4 is 0 Å². The first-order chi connectivity index (χ1) is 13.8. The zero-order chi connectivity index (χ0) is 20.8. The summed E-state index contributed by atoms with van der Waals surface area (Å²) in [6.07, 6.45) is 2.67. The lowest BCUT2D eigenvalue weighted by Crippen LogP contribution is -2.41. The van der Waals surface area contributed by atoms with Gasteiger partial charge in [0, 0.05) is 22.7 Å². The van der Waals surface area contributed by atoms with E-state index in [2.05, 4.69) is 15.2 Å². The van der Waals surface area contributed by atoms with E-state index in [0.717, 1.165) is 6.07 Å². The van der Waals surface area contributed by atoms with Gasteiger partial charge in [0.25, 0.3) is 0 Å². The molecule has 0 unspecified atom stereocenters. The second kappa shape index (κ2) is 7.00. The minimum atomic E-state index is -1.88. The van der Waals surface area contributed by atoms with Gasteiger partial charge in [-0.3, -0.25) is 4.68 Å². The molecule has 0 saturated heterocycles. The predicted octanol–water partition coefficient (Wildman–Crippen LogP) is 3.50. The summed E-state index contributed by atoms with van der Waals surface area (Å²) in [7, 11) is 0. The maximum atomic E-state index is 14.7. The van der Waals surface area contributed by atoms with E-state index in [0.29, 0.717) is 17.1 Å². The maximum absolute atomic E-state index is 14.7. The molecule has 4 aromatic rings. The van der Waals surface area contributed by atoms with Crippen LogP contribution in [-0.4, -0.2) is 29.7 Å². The average molecular weight is 401 g/mol. The van der Waals surface area contributed by atoms with Crippen molar-refractivity contribution >= 4 is 10.9 Å². The molecule has 0 aliphatic rings. The molecule has 4 rings (SSSR count). The van der Waals surface area contributed by atoms with Crippen LogP contribution >= 0.6 is 0 Å². The third-order valence-electron chi connectivity index (χ3n) is 5.25. The van der Waals surface area contributed by atoms with Crippen molar-refractivity contribution in [3.8, 4) is 0 Å². The van der Waals surface area contributed by atoms with Gasteiger partial charge in [-0.25, -0.2) is 22.8 Å². The minimum Gasteiger partial charge on any atom is -0.381 e. The van der Waals surface area contributed by atoms with Crippen LogP contribution in [0.5, 0.6) is 0 Å². The molecule has 2 atom stereocenters. The molecule has 0 spiro atoms. The first kappa shape index (κ1) is 19.1. The largest absolute Gasteiger partial charge is 0.381 e. The second-order valence-corrected chi connectivity index (χ2v) is 6.98. The molecule has 0 saturated carbocycles. The molecular formula is C20H18F3N5O. The number of aromatic nitrogens is 5. The molecule has 6 nitrogen and oxygen atoms in total. The first-order valence-corrected chi connectivity index (χ1v) is 8.95. The topological polar surface area (TPSA) is 68.8 Å². The molecule has 0 bridgehead atoms. The summed E-state index contributed by atoms with van der Waals surface area (Å²) < 4.78 is 45.2. The van der Waals surface area contributed by atoms with Crippen molar-refractivity contribution in [1.29, 1.82) is 0 Å². The number of hydrogen-bond donors (Lipinski definition) is 1. The Morgan fingerprint density at radius 2 is 1.93 bits per heavy atom. The summed E-state index contributed by atoms with van der Waals surface area (Å²) in [6, 6.07) is 6.71. The van der Waals surface area contributed by atoms with E-state index in [1.807, 2.05) is 0 Å². The monoisotopic (exact) mass is 401 g/mol. The van der Waals surface area contributed by atoms with Crippen LogP contribution in [0.3, 0.4) is 0 Å². The SMILES string of the molecule is Cc1c2cccc(F)c2nn1[C@H](C)[C@](O)(Cn1cncn1)c1ccc(F)cc1F. The third-order valence-corrected chi connectivity index (χ3v) is 5.25. The number of fused-ring (bicyclic) bond motifs is 1. The Labute approximate surface area is 164 Å². The molecule has 29 heavy (non-hydrogen) atoms. The molecular weight excluding hydrogens is 383 g/mol. The fourth-order valence-corrected chi connectivity index (χ4v) is 3.64. The van der Waals surface area contributed by atoms with Gasteiger partial charge in [-0.15, -0.1) is 0 Å². The predicted molar refractivity (Wildman–Crippen MR) is 99.4 cm³/mol. The fraction of sp³-hybridized carbons (Fsp3) is 0.250. The highest BCUT2D eigenvalue weighted by Gasteiger charge is 2.41. The van der Waals surface area contributed by atoms with Crippen LogP contribution in [0.25, 0.3) is 10.9 Å². The number of benzene rings is 2. The van der Waals surface area contributed by atoms with Gasteiger partial charge in [-0.1, -0.05) is 18.2 Å². The molecule has 2 heterocycles. The second-order valence-electron chi connectivity index (χ2n) is 6.98. The lowest BCUT2D eigenvalue weighted by Gasteiger charge is -2.35. The molecule has 0 radical (unpaired) electrons. The summed E-state index contributed by atoms with van der Waals surface area (Å²) in [5, 5.41) is 20.6. The Balaban J connectivity index is 1.89. The normalized spacial score (nSPS) is 14.8. The van der Waals surface area contributed by atoms with E-state index in [4.69, 9.17) is 0 Å². The van der Waals surface area contributed by atoms with Gasteiger partial charge in [0.05, 0.1) is 12.6 Å². The molecule has 0 amide bonds. The number of hydrogen-bond acceptors (Lipinski definition) is 4. The number of aryl methyl sites for hydroxylation is 1. The van der Waals surface area contributed by atoms with Crippen LogP contribution in [0, 0.1) is 24.4 Å². The van der Waals surface area contributed by atoms with E-state index in [9.17, 15) is 18.3 Å². The van der Waals surface area contributed by atoms with Gasteiger partial charge in [0.2, 0.25) is 0 Å². The highest BCUT2D eigenvalue weighted by Crippen LogP contribution is 2.38. The quantitative estimate of drug-likeness (QED) is 0.556. The van der Waals surface area contributed by atoms with Crippen molar-refractivity contribution in [1.82, 2.24) is 24.5 Å². The van der Waals surface area contributed by atoms with Crippen molar-refractivity contribution < 1.29 is 18.3 Å². The maximum Gasteiger partial charge on any atom is 0.151 e. The van der Waals surface area contributed by atoms with Gasteiger partial charge in [0.15, 0.2) is 5.82 Å². The van der Waals surface area contributed by atoms with E-state index < -0.39 is 29.1 Å². The average Bonchev–Trinajstić information content (AvgIpc) is 3.30. The summed E-state index contributed by atoms with van der Waals surface area (Å²) in [5.41, 5.74) is -1.25.